The van der Waals surface area contributed by atoms with Crippen LogP contribution in [0.3, 0.4) is 0 Å². The summed E-state index contributed by atoms with van der Waals surface area (Å²) in [4.78, 5) is 23.9. The van der Waals surface area contributed by atoms with Crippen LogP contribution < -0.4 is 11.1 Å². The van der Waals surface area contributed by atoms with E-state index in [2.05, 4.69) is 5.32 Å². The summed E-state index contributed by atoms with van der Waals surface area (Å²) in [6.07, 6.45) is 1.78. The predicted octanol–water partition coefficient (Wildman–Crippen LogP) is -0.928. The van der Waals surface area contributed by atoms with Crippen molar-refractivity contribution in [3.05, 3.63) is 0 Å². The van der Waals surface area contributed by atoms with Crippen molar-refractivity contribution in [2.24, 2.45) is 5.73 Å². The zero-order valence-electron chi connectivity index (χ0n) is 8.45. The fourth-order valence-corrected chi connectivity index (χ4v) is 1.72. The Bertz CT molecular complexity index is 228. The minimum atomic E-state index is -0.449. The summed E-state index contributed by atoms with van der Waals surface area (Å²) in [6.45, 7) is 3.41. The highest BCUT2D eigenvalue weighted by atomic mass is 16.2. The number of likely N-dealkylation sites (tertiary alicyclic amines) is 1. The summed E-state index contributed by atoms with van der Waals surface area (Å²) < 4.78 is 0. The van der Waals surface area contributed by atoms with Crippen molar-refractivity contribution in [3.8, 4) is 0 Å². The van der Waals surface area contributed by atoms with E-state index in [4.69, 9.17) is 5.73 Å². The molecule has 0 bridgehead atoms. The standard InChI is InChI=1S/C9H17N3O2/c1-2-11-7-4-3-5-12(9(7)14)6-8(10)13/h7,11H,2-6H2,1H3,(H2,10,13). The lowest BCUT2D eigenvalue weighted by Crippen LogP contribution is -2.52. The summed E-state index contributed by atoms with van der Waals surface area (Å²) in [7, 11) is 0. The summed E-state index contributed by atoms with van der Waals surface area (Å²) in [5.41, 5.74) is 5.05. The van der Waals surface area contributed by atoms with Crippen LogP contribution in [-0.2, 0) is 9.59 Å². The van der Waals surface area contributed by atoms with Gasteiger partial charge in [-0.2, -0.15) is 0 Å². The van der Waals surface area contributed by atoms with Gasteiger partial charge in [0.2, 0.25) is 11.8 Å². The molecule has 0 aliphatic carbocycles. The average Bonchev–Trinajstić information content (AvgIpc) is 2.11. The van der Waals surface area contributed by atoms with Gasteiger partial charge in [0.15, 0.2) is 0 Å². The highest BCUT2D eigenvalue weighted by Crippen LogP contribution is 2.10. The van der Waals surface area contributed by atoms with E-state index in [1.165, 1.54) is 4.90 Å². The molecule has 0 radical (unpaired) electrons. The molecular formula is C9H17N3O2. The predicted molar refractivity (Wildman–Crippen MR) is 52.5 cm³/mol. The van der Waals surface area contributed by atoms with Crippen LogP contribution in [0.5, 0.6) is 0 Å². The molecule has 0 saturated carbocycles. The Morgan fingerprint density at radius 2 is 2.43 bits per heavy atom. The summed E-state index contributed by atoms with van der Waals surface area (Å²) in [5, 5.41) is 3.09. The van der Waals surface area contributed by atoms with E-state index < -0.39 is 5.91 Å². The number of nitrogens with one attached hydrogen (secondary N) is 1. The number of likely N-dealkylation sites (N-methyl/N-ethyl adjacent to an activating group) is 1. The Hall–Kier alpha value is -1.10. The first-order chi connectivity index (χ1) is 6.65. The third-order valence-electron chi connectivity index (χ3n) is 2.33. The molecule has 80 valence electrons. The second-order valence-electron chi connectivity index (χ2n) is 3.48. The van der Waals surface area contributed by atoms with Gasteiger partial charge in [0.25, 0.3) is 0 Å². The van der Waals surface area contributed by atoms with Crippen LogP contribution >= 0.6 is 0 Å². The monoisotopic (exact) mass is 199 g/mol. The van der Waals surface area contributed by atoms with Gasteiger partial charge in [-0.15, -0.1) is 0 Å². The molecule has 3 N–H and O–H groups in total. The molecule has 5 heteroatoms. The Morgan fingerprint density at radius 1 is 1.71 bits per heavy atom. The smallest absolute Gasteiger partial charge is 0.240 e. The highest BCUT2D eigenvalue weighted by molar-refractivity contribution is 5.87. The van der Waals surface area contributed by atoms with Gasteiger partial charge >= 0.3 is 0 Å². The molecule has 1 unspecified atom stereocenters. The van der Waals surface area contributed by atoms with Crippen LogP contribution in [0.4, 0.5) is 0 Å². The van der Waals surface area contributed by atoms with Gasteiger partial charge in [0, 0.05) is 6.54 Å². The van der Waals surface area contributed by atoms with Gasteiger partial charge in [-0.05, 0) is 19.4 Å². The van der Waals surface area contributed by atoms with Crippen molar-refractivity contribution >= 4 is 11.8 Å². The normalized spacial score (nSPS) is 22.5. The molecule has 1 rings (SSSR count). The van der Waals surface area contributed by atoms with Crippen LogP contribution in [0.15, 0.2) is 0 Å². The van der Waals surface area contributed by atoms with Crippen LogP contribution in [0.2, 0.25) is 0 Å². The van der Waals surface area contributed by atoms with Crippen molar-refractivity contribution in [2.75, 3.05) is 19.6 Å². The number of hydrogen-bond donors (Lipinski definition) is 2. The first-order valence-electron chi connectivity index (χ1n) is 4.95. The van der Waals surface area contributed by atoms with Crippen molar-refractivity contribution in [3.63, 3.8) is 0 Å². The lowest BCUT2D eigenvalue weighted by molar-refractivity contribution is -0.139. The molecule has 14 heavy (non-hydrogen) atoms. The molecule has 0 aromatic carbocycles. The van der Waals surface area contributed by atoms with Crippen molar-refractivity contribution in [1.29, 1.82) is 0 Å². The molecule has 5 nitrogen and oxygen atoms in total. The summed E-state index contributed by atoms with van der Waals surface area (Å²) in [5.74, 6) is -0.451. The fourth-order valence-electron chi connectivity index (χ4n) is 1.72. The van der Waals surface area contributed by atoms with Crippen LogP contribution in [0.25, 0.3) is 0 Å². The molecule has 1 atom stereocenters. The molecule has 1 aliphatic rings. The lowest BCUT2D eigenvalue weighted by Gasteiger charge is -2.31. The lowest BCUT2D eigenvalue weighted by atomic mass is 10.0. The topological polar surface area (TPSA) is 75.4 Å². The van der Waals surface area contributed by atoms with Gasteiger partial charge in [-0.1, -0.05) is 6.92 Å². The molecule has 1 fully saturated rings. The summed E-state index contributed by atoms with van der Waals surface area (Å²) >= 11 is 0. The first-order valence-corrected chi connectivity index (χ1v) is 4.95. The van der Waals surface area contributed by atoms with Crippen LogP contribution in [-0.4, -0.2) is 42.4 Å². The number of hydrogen-bond acceptors (Lipinski definition) is 3. The second-order valence-corrected chi connectivity index (χ2v) is 3.48. The molecule has 0 spiro atoms. The quantitative estimate of drug-likeness (QED) is 0.614. The van der Waals surface area contributed by atoms with E-state index in [-0.39, 0.29) is 18.5 Å². The molecular weight excluding hydrogens is 182 g/mol. The molecule has 0 aromatic heterocycles. The van der Waals surface area contributed by atoms with Crippen LogP contribution in [0.1, 0.15) is 19.8 Å². The third kappa shape index (κ3) is 2.70. The number of rotatable bonds is 4. The van der Waals surface area contributed by atoms with E-state index in [0.717, 1.165) is 19.4 Å². The Morgan fingerprint density at radius 3 is 3.00 bits per heavy atom. The number of nitrogens with zero attached hydrogens (tertiary/aromatic N) is 1. The van der Waals surface area contributed by atoms with E-state index in [1.807, 2.05) is 6.92 Å². The van der Waals surface area contributed by atoms with Gasteiger partial charge < -0.3 is 16.0 Å². The molecule has 1 saturated heterocycles. The molecule has 0 aromatic rings. The maximum Gasteiger partial charge on any atom is 0.240 e. The van der Waals surface area contributed by atoms with E-state index in [0.29, 0.717) is 6.54 Å². The second kappa shape index (κ2) is 4.95. The SMILES string of the molecule is CCNC1CCCN(CC(N)=O)C1=O. The van der Waals surface area contributed by atoms with Crippen LogP contribution in [0, 0.1) is 0 Å². The number of carbonyl (C=O) groups excluding carboxylic acids is 2. The average molecular weight is 199 g/mol. The first kappa shape index (κ1) is 11.0. The van der Waals surface area contributed by atoms with E-state index in [9.17, 15) is 9.59 Å². The maximum atomic E-state index is 11.7. The largest absolute Gasteiger partial charge is 0.368 e. The number of amides is 2. The summed E-state index contributed by atoms with van der Waals surface area (Å²) in [6, 6.07) is -0.131. The zero-order chi connectivity index (χ0) is 10.6. The van der Waals surface area contributed by atoms with Crippen molar-refractivity contribution < 1.29 is 9.59 Å². The number of piperidine rings is 1. The molecule has 1 aliphatic heterocycles. The van der Waals surface area contributed by atoms with E-state index in [1.54, 1.807) is 0 Å². The maximum absolute atomic E-state index is 11.7. The third-order valence-corrected chi connectivity index (χ3v) is 2.33. The Balaban J connectivity index is 2.52. The van der Waals surface area contributed by atoms with E-state index >= 15 is 0 Å². The molecule has 2 amide bonds. The minimum absolute atomic E-state index is 0.00287. The van der Waals surface area contributed by atoms with Gasteiger partial charge in [-0.3, -0.25) is 9.59 Å². The Kier molecular flexibility index (Phi) is 3.88. The highest BCUT2D eigenvalue weighted by Gasteiger charge is 2.28. The Labute approximate surface area is 83.6 Å². The number of nitrogens with two attached hydrogens (primary N) is 1. The zero-order valence-corrected chi connectivity index (χ0v) is 8.45. The number of primary amides is 1. The molecule has 1 heterocycles. The minimum Gasteiger partial charge on any atom is -0.368 e. The van der Waals surface area contributed by atoms with Gasteiger partial charge in [0.1, 0.15) is 0 Å². The van der Waals surface area contributed by atoms with Crippen molar-refractivity contribution in [2.45, 2.75) is 25.8 Å². The number of carbonyl (C=O) groups is 2. The fraction of sp³-hybridized carbons (Fsp3) is 0.778. The van der Waals surface area contributed by atoms with Gasteiger partial charge in [-0.25, -0.2) is 0 Å². The van der Waals surface area contributed by atoms with Gasteiger partial charge in [0.05, 0.1) is 12.6 Å². The van der Waals surface area contributed by atoms with Crippen molar-refractivity contribution in [1.82, 2.24) is 10.2 Å².